The van der Waals surface area contributed by atoms with Crippen LogP contribution in [0.4, 0.5) is 5.69 Å². The monoisotopic (exact) mass is 616 g/mol. The lowest BCUT2D eigenvalue weighted by Crippen LogP contribution is -2.40. The van der Waals surface area contributed by atoms with Gasteiger partial charge in [0.2, 0.25) is 0 Å². The number of hydrogen-bond acceptors (Lipinski definition) is 6. The van der Waals surface area contributed by atoms with E-state index in [0.29, 0.717) is 31.0 Å². The van der Waals surface area contributed by atoms with E-state index in [1.54, 1.807) is 42.5 Å². The average molecular weight is 617 g/mol. The molecule has 1 fully saturated rings. The minimum Gasteiger partial charge on any atom is -0.377 e. The number of amidine groups is 1. The zero-order chi connectivity index (χ0) is 31.2. The molecule has 10 heteroatoms. The van der Waals surface area contributed by atoms with Gasteiger partial charge in [-0.3, -0.25) is 24.2 Å². The maximum atomic E-state index is 13.7. The molecule has 0 unspecified atom stereocenters. The van der Waals surface area contributed by atoms with Gasteiger partial charge in [0.05, 0.1) is 18.8 Å². The van der Waals surface area contributed by atoms with Gasteiger partial charge in [-0.25, -0.2) is 4.72 Å². The highest BCUT2D eigenvalue weighted by Gasteiger charge is 2.49. The zero-order valence-corrected chi connectivity index (χ0v) is 26.2. The van der Waals surface area contributed by atoms with Gasteiger partial charge in [-0.1, -0.05) is 80.8 Å². The number of rotatable bonds is 13. The summed E-state index contributed by atoms with van der Waals surface area (Å²) in [5, 5.41) is 0. The normalized spacial score (nSPS) is 15.9. The van der Waals surface area contributed by atoms with Crippen LogP contribution in [0, 0.1) is 0 Å². The Labute approximate surface area is 259 Å². The van der Waals surface area contributed by atoms with E-state index >= 15 is 0 Å². The van der Waals surface area contributed by atoms with Crippen molar-refractivity contribution < 1.29 is 22.7 Å². The average Bonchev–Trinajstić information content (AvgIpc) is 3.60. The minimum atomic E-state index is -4.24. The van der Waals surface area contributed by atoms with E-state index in [1.165, 1.54) is 0 Å². The molecule has 0 saturated heterocycles. The highest BCUT2D eigenvalue weighted by molar-refractivity contribution is 7.91. The number of nitrogens with zero attached hydrogens (tertiary/aromatic N) is 2. The van der Waals surface area contributed by atoms with E-state index in [9.17, 15) is 18.0 Å². The summed E-state index contributed by atoms with van der Waals surface area (Å²) in [6, 6.07) is 21.1. The lowest BCUT2D eigenvalue weighted by Gasteiger charge is -2.23. The van der Waals surface area contributed by atoms with Crippen LogP contribution in [0.25, 0.3) is 11.1 Å². The standard InChI is InChI=1S/C34H40N4O5S/c1-3-5-17-31-35-34(20-11-12-21-34)33(40)38(31)23-25-18-19-28(27(22-25)24-43-4-2)29-15-9-10-16-30(29)36-44(41,42)37-32(39)26-13-7-6-8-14-26/h6-10,13-16,18-19,22,36H,3-5,11-12,17,20-21,23-24H2,1-2H3,(H,37,39). The fraction of sp³-hybridized carbons (Fsp3) is 0.382. The molecule has 3 aromatic rings. The molecule has 1 heterocycles. The number of carbonyl (C=O) groups excluding carboxylic acids is 2. The second-order valence-electron chi connectivity index (χ2n) is 11.3. The molecule has 1 saturated carbocycles. The van der Waals surface area contributed by atoms with Crippen LogP contribution in [0.2, 0.25) is 0 Å². The van der Waals surface area contributed by atoms with Crippen LogP contribution < -0.4 is 9.44 Å². The molecule has 2 aliphatic rings. The molecule has 0 atom stereocenters. The summed E-state index contributed by atoms with van der Waals surface area (Å²) in [4.78, 5) is 33.1. The lowest BCUT2D eigenvalue weighted by atomic mass is 9.95. The number of benzene rings is 3. The Morgan fingerprint density at radius 3 is 2.43 bits per heavy atom. The van der Waals surface area contributed by atoms with Crippen molar-refractivity contribution in [2.75, 3.05) is 11.3 Å². The molecular weight excluding hydrogens is 576 g/mol. The van der Waals surface area contributed by atoms with Crippen molar-refractivity contribution in [2.24, 2.45) is 4.99 Å². The van der Waals surface area contributed by atoms with Crippen molar-refractivity contribution in [2.45, 2.75) is 77.5 Å². The third-order valence-corrected chi connectivity index (χ3v) is 9.12. The summed E-state index contributed by atoms with van der Waals surface area (Å²) in [7, 11) is -4.24. The molecule has 1 aliphatic carbocycles. The van der Waals surface area contributed by atoms with Crippen molar-refractivity contribution in [3.05, 3.63) is 89.5 Å². The van der Waals surface area contributed by atoms with Gasteiger partial charge in [-0.15, -0.1) is 0 Å². The number of hydrogen-bond donors (Lipinski definition) is 2. The van der Waals surface area contributed by atoms with E-state index < -0.39 is 21.7 Å². The van der Waals surface area contributed by atoms with E-state index in [-0.39, 0.29) is 11.5 Å². The number of unbranched alkanes of at least 4 members (excludes halogenated alkanes) is 1. The fourth-order valence-electron chi connectivity index (χ4n) is 5.97. The molecule has 0 bridgehead atoms. The smallest absolute Gasteiger partial charge is 0.323 e. The SMILES string of the molecule is CCCCC1=NC2(CCCC2)C(=O)N1Cc1ccc(-c2ccccc2NS(=O)(=O)NC(=O)c2ccccc2)c(COCC)c1. The van der Waals surface area contributed by atoms with Crippen LogP contribution in [0.15, 0.2) is 77.8 Å². The topological polar surface area (TPSA) is 117 Å². The quantitative estimate of drug-likeness (QED) is 0.237. The van der Waals surface area contributed by atoms with Crippen LogP contribution in [-0.2, 0) is 32.9 Å². The van der Waals surface area contributed by atoms with Crippen LogP contribution in [0.5, 0.6) is 0 Å². The second-order valence-corrected chi connectivity index (χ2v) is 12.8. The largest absolute Gasteiger partial charge is 0.377 e. The molecule has 2 amide bonds. The molecule has 3 aromatic carbocycles. The molecule has 0 radical (unpaired) electrons. The Hall–Kier alpha value is -4.02. The molecular formula is C34H40N4O5S. The number of aliphatic imine (C=N–C) groups is 1. The second kappa shape index (κ2) is 13.7. The third kappa shape index (κ3) is 7.03. The summed E-state index contributed by atoms with van der Waals surface area (Å²) < 4.78 is 36.4. The maximum Gasteiger partial charge on any atom is 0.323 e. The predicted octanol–water partition coefficient (Wildman–Crippen LogP) is 6.22. The lowest BCUT2D eigenvalue weighted by molar-refractivity contribution is -0.131. The van der Waals surface area contributed by atoms with E-state index in [2.05, 4.69) is 16.4 Å². The van der Waals surface area contributed by atoms with Gasteiger partial charge in [-0.05, 0) is 61.1 Å². The Kier molecular flexibility index (Phi) is 9.80. The van der Waals surface area contributed by atoms with E-state index in [0.717, 1.165) is 67.5 Å². The molecule has 9 nitrogen and oxygen atoms in total. The van der Waals surface area contributed by atoms with E-state index in [1.807, 2.05) is 42.2 Å². The van der Waals surface area contributed by atoms with Crippen molar-refractivity contribution in [3.63, 3.8) is 0 Å². The molecule has 1 spiro atoms. The Morgan fingerprint density at radius 1 is 0.977 bits per heavy atom. The van der Waals surface area contributed by atoms with Crippen molar-refractivity contribution in [1.29, 1.82) is 0 Å². The van der Waals surface area contributed by atoms with Gasteiger partial charge in [-0.2, -0.15) is 8.42 Å². The van der Waals surface area contributed by atoms with Crippen molar-refractivity contribution in [3.8, 4) is 11.1 Å². The first-order valence-corrected chi connectivity index (χ1v) is 16.8. The summed E-state index contributed by atoms with van der Waals surface area (Å²) in [5.41, 5.74) is 3.19. The van der Waals surface area contributed by atoms with Gasteiger partial charge in [0.1, 0.15) is 11.4 Å². The number of ether oxygens (including phenoxy) is 1. The molecule has 1 aliphatic heterocycles. The Morgan fingerprint density at radius 2 is 1.70 bits per heavy atom. The summed E-state index contributed by atoms with van der Waals surface area (Å²) in [5.74, 6) is 0.259. The first-order chi connectivity index (χ1) is 21.2. The predicted molar refractivity (Wildman–Crippen MR) is 172 cm³/mol. The molecule has 232 valence electrons. The van der Waals surface area contributed by atoms with Gasteiger partial charge >= 0.3 is 10.2 Å². The van der Waals surface area contributed by atoms with Crippen molar-refractivity contribution >= 4 is 33.5 Å². The van der Waals surface area contributed by atoms with Crippen molar-refractivity contribution in [1.82, 2.24) is 9.62 Å². The first kappa shape index (κ1) is 31.4. The highest BCUT2D eigenvalue weighted by Crippen LogP contribution is 2.40. The van der Waals surface area contributed by atoms with Crippen LogP contribution in [0.1, 0.15) is 80.3 Å². The number of amides is 2. The number of nitrogens with one attached hydrogen (secondary N) is 2. The van der Waals surface area contributed by atoms with Gasteiger partial charge in [0.15, 0.2) is 0 Å². The van der Waals surface area contributed by atoms with E-state index in [4.69, 9.17) is 9.73 Å². The van der Waals surface area contributed by atoms with Crippen LogP contribution in [0.3, 0.4) is 0 Å². The molecule has 2 N–H and O–H groups in total. The summed E-state index contributed by atoms with van der Waals surface area (Å²) in [6.07, 6.45) is 6.46. The molecule has 0 aromatic heterocycles. The minimum absolute atomic E-state index is 0.105. The first-order valence-electron chi connectivity index (χ1n) is 15.3. The zero-order valence-electron chi connectivity index (χ0n) is 25.3. The Balaban J connectivity index is 1.42. The molecule has 44 heavy (non-hydrogen) atoms. The van der Waals surface area contributed by atoms with Gasteiger partial charge < -0.3 is 4.74 Å². The van der Waals surface area contributed by atoms with Crippen LogP contribution >= 0.6 is 0 Å². The van der Waals surface area contributed by atoms with Crippen LogP contribution in [-0.4, -0.2) is 43.1 Å². The number of carbonyl (C=O) groups is 2. The highest BCUT2D eigenvalue weighted by atomic mass is 32.2. The Bertz CT molecular complexity index is 1630. The fourth-order valence-corrected chi connectivity index (χ4v) is 6.85. The number of anilines is 1. The van der Waals surface area contributed by atoms with Gasteiger partial charge in [0.25, 0.3) is 11.8 Å². The molecule has 5 rings (SSSR count). The maximum absolute atomic E-state index is 13.7. The number of para-hydroxylation sites is 1. The summed E-state index contributed by atoms with van der Waals surface area (Å²) in [6.45, 7) is 5.29. The third-order valence-electron chi connectivity index (χ3n) is 8.18. The van der Waals surface area contributed by atoms with Gasteiger partial charge in [0, 0.05) is 24.2 Å². The summed E-state index contributed by atoms with van der Waals surface area (Å²) >= 11 is 0.